The predicted molar refractivity (Wildman–Crippen MR) is 107 cm³/mol. The van der Waals surface area contributed by atoms with Crippen LogP contribution in [0, 0.1) is 0 Å². The third-order valence-corrected chi connectivity index (χ3v) is 5.37. The Bertz CT molecular complexity index is 889. The average molecular weight is 362 g/mol. The van der Waals surface area contributed by atoms with Gasteiger partial charge in [-0.25, -0.2) is 4.98 Å². The standard InChI is InChI=1S/C22H26N4O/c27-22(12-14-26-17-24-20-10-4-5-11-21(20)26)23-15-19-9-6-13-25(19)16-18-7-2-1-3-8-18/h1-5,7-8,10-11,17,19H,6,9,12-16H2,(H,23,27). The van der Waals surface area contributed by atoms with Gasteiger partial charge in [0.2, 0.25) is 5.91 Å². The van der Waals surface area contributed by atoms with Crippen molar-refractivity contribution in [2.45, 2.75) is 38.4 Å². The Kier molecular flexibility index (Phi) is 5.49. The minimum absolute atomic E-state index is 0.111. The van der Waals surface area contributed by atoms with Gasteiger partial charge in [-0.15, -0.1) is 0 Å². The van der Waals surface area contributed by atoms with Crippen LogP contribution in [0.15, 0.2) is 60.9 Å². The molecule has 3 aromatic rings. The fourth-order valence-electron chi connectivity index (χ4n) is 3.88. The van der Waals surface area contributed by atoms with E-state index in [1.807, 2.05) is 35.2 Å². The normalized spacial score (nSPS) is 17.4. The molecule has 2 aromatic carbocycles. The van der Waals surface area contributed by atoms with Crippen molar-refractivity contribution in [1.29, 1.82) is 0 Å². The number of rotatable bonds is 7. The van der Waals surface area contributed by atoms with Crippen LogP contribution in [-0.2, 0) is 17.9 Å². The number of para-hydroxylation sites is 2. The molecule has 1 atom stereocenters. The van der Waals surface area contributed by atoms with Crippen molar-refractivity contribution in [3.63, 3.8) is 0 Å². The molecule has 1 fully saturated rings. The van der Waals surface area contributed by atoms with Gasteiger partial charge in [0.05, 0.1) is 17.4 Å². The summed E-state index contributed by atoms with van der Waals surface area (Å²) >= 11 is 0. The van der Waals surface area contributed by atoms with Gasteiger partial charge in [-0.3, -0.25) is 9.69 Å². The molecule has 1 aliphatic heterocycles. The molecule has 1 aliphatic rings. The molecule has 27 heavy (non-hydrogen) atoms. The average Bonchev–Trinajstić information content (AvgIpc) is 3.32. The van der Waals surface area contributed by atoms with Gasteiger partial charge >= 0.3 is 0 Å². The van der Waals surface area contributed by atoms with E-state index in [2.05, 4.69) is 45.5 Å². The van der Waals surface area contributed by atoms with Gasteiger partial charge in [0.1, 0.15) is 0 Å². The highest BCUT2D eigenvalue weighted by molar-refractivity contribution is 5.77. The van der Waals surface area contributed by atoms with Crippen LogP contribution in [0.3, 0.4) is 0 Å². The highest BCUT2D eigenvalue weighted by Crippen LogP contribution is 2.19. The Morgan fingerprint density at radius 2 is 1.93 bits per heavy atom. The molecular formula is C22H26N4O. The lowest BCUT2D eigenvalue weighted by Crippen LogP contribution is -2.40. The maximum absolute atomic E-state index is 12.3. The van der Waals surface area contributed by atoms with Gasteiger partial charge in [0, 0.05) is 32.1 Å². The van der Waals surface area contributed by atoms with Gasteiger partial charge in [0.15, 0.2) is 0 Å². The minimum Gasteiger partial charge on any atom is -0.354 e. The van der Waals surface area contributed by atoms with Crippen molar-refractivity contribution in [2.24, 2.45) is 0 Å². The fraction of sp³-hybridized carbons (Fsp3) is 0.364. The van der Waals surface area contributed by atoms with Crippen molar-refractivity contribution in [3.8, 4) is 0 Å². The van der Waals surface area contributed by atoms with Crippen LogP contribution in [0.2, 0.25) is 0 Å². The topological polar surface area (TPSA) is 50.2 Å². The number of carbonyl (C=O) groups is 1. The van der Waals surface area contributed by atoms with E-state index in [1.54, 1.807) is 0 Å². The SMILES string of the molecule is O=C(CCn1cnc2ccccc21)NCC1CCCN1Cc1ccccc1. The molecule has 0 aliphatic carbocycles. The molecule has 0 radical (unpaired) electrons. The number of fused-ring (bicyclic) bond motifs is 1. The number of likely N-dealkylation sites (tertiary alicyclic amines) is 1. The third-order valence-electron chi connectivity index (χ3n) is 5.37. The van der Waals surface area contributed by atoms with Crippen LogP contribution >= 0.6 is 0 Å². The Morgan fingerprint density at radius 3 is 2.81 bits per heavy atom. The van der Waals surface area contributed by atoms with Crippen LogP contribution in [0.5, 0.6) is 0 Å². The molecule has 1 aromatic heterocycles. The first-order valence-electron chi connectivity index (χ1n) is 9.74. The van der Waals surface area contributed by atoms with E-state index < -0.39 is 0 Å². The molecule has 4 rings (SSSR count). The van der Waals surface area contributed by atoms with Crippen LogP contribution in [0.1, 0.15) is 24.8 Å². The van der Waals surface area contributed by atoms with Crippen LogP contribution in [0.25, 0.3) is 11.0 Å². The first-order chi connectivity index (χ1) is 13.3. The highest BCUT2D eigenvalue weighted by atomic mass is 16.1. The van der Waals surface area contributed by atoms with E-state index in [4.69, 9.17) is 0 Å². The quantitative estimate of drug-likeness (QED) is 0.702. The molecule has 1 N–H and O–H groups in total. The number of imidazole rings is 1. The molecule has 1 saturated heterocycles. The summed E-state index contributed by atoms with van der Waals surface area (Å²) in [4.78, 5) is 19.2. The summed E-state index contributed by atoms with van der Waals surface area (Å²) in [7, 11) is 0. The van der Waals surface area contributed by atoms with Gasteiger partial charge < -0.3 is 9.88 Å². The van der Waals surface area contributed by atoms with Gasteiger partial charge in [-0.1, -0.05) is 42.5 Å². The van der Waals surface area contributed by atoms with E-state index in [0.717, 1.165) is 37.1 Å². The molecule has 0 saturated carbocycles. The zero-order valence-electron chi connectivity index (χ0n) is 15.6. The van der Waals surface area contributed by atoms with E-state index in [-0.39, 0.29) is 5.91 Å². The van der Waals surface area contributed by atoms with E-state index in [0.29, 0.717) is 19.0 Å². The number of nitrogens with one attached hydrogen (secondary N) is 1. The van der Waals surface area contributed by atoms with E-state index in [1.165, 1.54) is 12.0 Å². The van der Waals surface area contributed by atoms with Crippen LogP contribution in [0.4, 0.5) is 0 Å². The summed E-state index contributed by atoms with van der Waals surface area (Å²) in [6, 6.07) is 19.0. The third kappa shape index (κ3) is 4.37. The minimum atomic E-state index is 0.111. The summed E-state index contributed by atoms with van der Waals surface area (Å²) < 4.78 is 2.05. The maximum Gasteiger partial charge on any atom is 0.221 e. The molecule has 0 spiro atoms. The number of aromatic nitrogens is 2. The Hall–Kier alpha value is -2.66. The zero-order valence-corrected chi connectivity index (χ0v) is 15.6. The van der Waals surface area contributed by atoms with E-state index in [9.17, 15) is 4.79 Å². The number of amides is 1. The Balaban J connectivity index is 1.26. The summed E-state index contributed by atoms with van der Waals surface area (Å²) in [5, 5.41) is 3.14. The number of aryl methyl sites for hydroxylation is 1. The summed E-state index contributed by atoms with van der Waals surface area (Å²) in [6.07, 6.45) is 4.65. The van der Waals surface area contributed by atoms with E-state index >= 15 is 0 Å². The largest absolute Gasteiger partial charge is 0.354 e. The lowest BCUT2D eigenvalue weighted by atomic mass is 10.2. The first kappa shape index (κ1) is 17.7. The van der Waals surface area contributed by atoms with Gasteiger partial charge in [0.25, 0.3) is 0 Å². The van der Waals surface area contributed by atoms with Crippen molar-refractivity contribution in [3.05, 3.63) is 66.5 Å². The second-order valence-electron chi connectivity index (χ2n) is 7.23. The van der Waals surface area contributed by atoms with Crippen molar-refractivity contribution in [1.82, 2.24) is 19.8 Å². The Labute approximate surface area is 160 Å². The maximum atomic E-state index is 12.3. The monoisotopic (exact) mass is 362 g/mol. The Morgan fingerprint density at radius 1 is 1.11 bits per heavy atom. The number of benzene rings is 2. The van der Waals surface area contributed by atoms with Gasteiger partial charge in [-0.05, 0) is 37.1 Å². The molecule has 5 nitrogen and oxygen atoms in total. The molecule has 5 heteroatoms. The smallest absolute Gasteiger partial charge is 0.221 e. The second-order valence-corrected chi connectivity index (χ2v) is 7.23. The molecular weight excluding hydrogens is 336 g/mol. The van der Waals surface area contributed by atoms with Gasteiger partial charge in [-0.2, -0.15) is 0 Å². The van der Waals surface area contributed by atoms with Crippen molar-refractivity contribution < 1.29 is 4.79 Å². The molecule has 2 heterocycles. The van der Waals surface area contributed by atoms with Crippen LogP contribution < -0.4 is 5.32 Å². The molecule has 140 valence electrons. The predicted octanol–water partition coefficient (Wildman–Crippen LogP) is 3.21. The van der Waals surface area contributed by atoms with Crippen LogP contribution in [-0.4, -0.2) is 39.5 Å². The summed E-state index contributed by atoms with van der Waals surface area (Å²) in [5.74, 6) is 0.111. The lowest BCUT2D eigenvalue weighted by molar-refractivity contribution is -0.121. The number of carbonyl (C=O) groups excluding carboxylic acids is 1. The molecule has 1 amide bonds. The fourth-order valence-corrected chi connectivity index (χ4v) is 3.88. The van der Waals surface area contributed by atoms with Crippen molar-refractivity contribution >= 4 is 16.9 Å². The number of hydrogen-bond donors (Lipinski definition) is 1. The first-order valence-corrected chi connectivity index (χ1v) is 9.74. The second kappa shape index (κ2) is 8.35. The lowest BCUT2D eigenvalue weighted by Gasteiger charge is -2.24. The highest BCUT2D eigenvalue weighted by Gasteiger charge is 2.24. The zero-order chi connectivity index (χ0) is 18.5. The molecule has 0 bridgehead atoms. The molecule has 1 unspecified atom stereocenters. The van der Waals surface area contributed by atoms with Crippen molar-refractivity contribution in [2.75, 3.05) is 13.1 Å². The summed E-state index contributed by atoms with van der Waals surface area (Å²) in [6.45, 7) is 3.46. The summed E-state index contributed by atoms with van der Waals surface area (Å²) in [5.41, 5.74) is 3.39. The number of hydrogen-bond acceptors (Lipinski definition) is 3. The number of nitrogens with zero attached hydrogens (tertiary/aromatic N) is 3.